The minimum Gasteiger partial charge on any atom is -0.508 e. The number of benzene rings is 2. The number of aromatic hydroxyl groups is 1. The minimum atomic E-state index is -0.185. The molecule has 1 aliphatic rings. The summed E-state index contributed by atoms with van der Waals surface area (Å²) in [7, 11) is 0. The molecule has 1 aliphatic heterocycles. The normalized spacial score (nSPS) is 15.1. The van der Waals surface area contributed by atoms with Gasteiger partial charge in [0.15, 0.2) is 5.75 Å². The van der Waals surface area contributed by atoms with E-state index in [0.29, 0.717) is 45.0 Å². The van der Waals surface area contributed by atoms with Crippen molar-refractivity contribution in [1.82, 2.24) is 10.2 Å². The topological polar surface area (TPSA) is 97.1 Å². The highest BCUT2D eigenvalue weighted by Gasteiger charge is 2.18. The first kappa shape index (κ1) is 22.4. The maximum atomic E-state index is 12.2. The summed E-state index contributed by atoms with van der Waals surface area (Å²) in [5, 5.41) is 12.3. The number of nitrogens with two attached hydrogens (primary N) is 1. The summed E-state index contributed by atoms with van der Waals surface area (Å²) in [5.74, 6) is 1.63. The number of phenolic OH excluding ortho intramolecular Hbond substituents is 1. The first-order valence-electron chi connectivity index (χ1n) is 9.23. The lowest BCUT2D eigenvalue weighted by Gasteiger charge is -2.27. The summed E-state index contributed by atoms with van der Waals surface area (Å²) in [6.45, 7) is 2.79. The zero-order valence-electron chi connectivity index (χ0n) is 15.7. The zero-order valence-corrected chi connectivity index (χ0v) is 20.1. The van der Waals surface area contributed by atoms with Crippen molar-refractivity contribution in [3.8, 4) is 17.2 Å². The van der Waals surface area contributed by atoms with Gasteiger partial charge in [-0.05, 0) is 93.6 Å². The standard InChI is InChI=1S/C20H23I2N3O4/c21-17-10-13(9-14(23)12-24-20(27)25-5-7-28-8-6-25)11-18(22)19(17)29-16-3-1-15(26)2-4-16/h1-4,10-11,14,26H,5-9,12,23H2,(H,24,27). The van der Waals surface area contributed by atoms with Crippen LogP contribution in [0.5, 0.6) is 17.2 Å². The van der Waals surface area contributed by atoms with Crippen LogP contribution in [0.2, 0.25) is 0 Å². The molecule has 0 aromatic heterocycles. The zero-order chi connectivity index (χ0) is 20.8. The molecule has 2 aromatic rings. The average molecular weight is 623 g/mol. The molecule has 0 saturated carbocycles. The number of halogens is 2. The summed E-state index contributed by atoms with van der Waals surface area (Å²) in [5.41, 5.74) is 7.33. The number of morpholine rings is 1. The first-order chi connectivity index (χ1) is 13.9. The van der Waals surface area contributed by atoms with Crippen molar-refractivity contribution in [2.75, 3.05) is 32.8 Å². The van der Waals surface area contributed by atoms with Gasteiger partial charge in [-0.15, -0.1) is 0 Å². The van der Waals surface area contributed by atoms with Crippen LogP contribution in [0.4, 0.5) is 4.79 Å². The lowest BCUT2D eigenvalue weighted by atomic mass is 10.1. The fraction of sp³-hybridized carbons (Fsp3) is 0.350. The second-order valence-corrected chi connectivity index (χ2v) is 9.06. The fourth-order valence-corrected chi connectivity index (χ4v) is 5.05. The largest absolute Gasteiger partial charge is 0.508 e. The number of rotatable bonds is 6. The number of urea groups is 1. The SMILES string of the molecule is NC(CNC(=O)N1CCOCC1)Cc1cc(I)c(Oc2ccc(O)cc2)c(I)c1. The van der Waals surface area contributed by atoms with Gasteiger partial charge in [-0.2, -0.15) is 0 Å². The Balaban J connectivity index is 1.56. The molecular formula is C20H23I2N3O4. The van der Waals surface area contributed by atoms with Crippen LogP contribution in [0.15, 0.2) is 36.4 Å². The molecule has 2 amide bonds. The van der Waals surface area contributed by atoms with Crippen LogP contribution < -0.4 is 15.8 Å². The van der Waals surface area contributed by atoms with Crippen LogP contribution in [0.25, 0.3) is 0 Å². The van der Waals surface area contributed by atoms with Crippen LogP contribution in [0.3, 0.4) is 0 Å². The third kappa shape index (κ3) is 6.59. The summed E-state index contributed by atoms with van der Waals surface area (Å²) < 4.78 is 13.2. The van der Waals surface area contributed by atoms with Crippen molar-refractivity contribution >= 4 is 51.2 Å². The predicted molar refractivity (Wildman–Crippen MR) is 128 cm³/mol. The molecule has 1 fully saturated rings. The van der Waals surface area contributed by atoms with Gasteiger partial charge in [0.25, 0.3) is 0 Å². The Morgan fingerprint density at radius 3 is 2.45 bits per heavy atom. The molecule has 2 aromatic carbocycles. The fourth-order valence-electron chi connectivity index (χ4n) is 2.93. The molecule has 156 valence electrons. The van der Waals surface area contributed by atoms with Crippen molar-refractivity contribution in [2.45, 2.75) is 12.5 Å². The Morgan fingerprint density at radius 1 is 1.21 bits per heavy atom. The number of amides is 2. The molecular weight excluding hydrogens is 600 g/mol. The highest BCUT2D eigenvalue weighted by atomic mass is 127. The van der Waals surface area contributed by atoms with Gasteiger partial charge in [-0.25, -0.2) is 4.79 Å². The molecule has 1 atom stereocenters. The maximum Gasteiger partial charge on any atom is 0.317 e. The van der Waals surface area contributed by atoms with Gasteiger partial charge in [0.2, 0.25) is 0 Å². The van der Waals surface area contributed by atoms with Gasteiger partial charge in [0.05, 0.1) is 20.4 Å². The molecule has 1 heterocycles. The number of phenols is 1. The summed E-state index contributed by atoms with van der Waals surface area (Å²) in [6.07, 6.45) is 0.648. The Labute approximate surface area is 197 Å². The van der Waals surface area contributed by atoms with Crippen molar-refractivity contribution < 1.29 is 19.4 Å². The minimum absolute atomic E-state index is 0.0921. The van der Waals surface area contributed by atoms with Gasteiger partial charge in [0, 0.05) is 25.7 Å². The van der Waals surface area contributed by atoms with Crippen LogP contribution in [-0.4, -0.2) is 54.9 Å². The van der Waals surface area contributed by atoms with E-state index in [0.717, 1.165) is 18.5 Å². The summed E-state index contributed by atoms with van der Waals surface area (Å²) >= 11 is 4.49. The van der Waals surface area contributed by atoms with Crippen LogP contribution in [0.1, 0.15) is 5.56 Å². The Bertz CT molecular complexity index is 819. The van der Waals surface area contributed by atoms with E-state index < -0.39 is 0 Å². The van der Waals surface area contributed by atoms with Gasteiger partial charge in [0.1, 0.15) is 11.5 Å². The summed E-state index contributed by atoms with van der Waals surface area (Å²) in [4.78, 5) is 13.9. The second kappa shape index (κ2) is 10.6. The van der Waals surface area contributed by atoms with E-state index in [9.17, 15) is 9.90 Å². The van der Waals surface area contributed by atoms with Gasteiger partial charge >= 0.3 is 6.03 Å². The highest BCUT2D eigenvalue weighted by Crippen LogP contribution is 2.33. The number of nitrogens with zero attached hydrogens (tertiary/aromatic N) is 1. The second-order valence-electron chi connectivity index (χ2n) is 6.73. The van der Waals surface area contributed by atoms with Gasteiger partial charge in [-0.3, -0.25) is 0 Å². The molecule has 1 unspecified atom stereocenters. The number of hydrogen-bond donors (Lipinski definition) is 3. The maximum absolute atomic E-state index is 12.2. The van der Waals surface area contributed by atoms with E-state index in [2.05, 4.69) is 50.5 Å². The van der Waals surface area contributed by atoms with E-state index in [1.54, 1.807) is 29.2 Å². The number of carbonyl (C=O) groups excluding carboxylic acids is 1. The summed E-state index contributed by atoms with van der Waals surface area (Å²) in [6, 6.07) is 10.4. The molecule has 4 N–H and O–H groups in total. The molecule has 9 heteroatoms. The van der Waals surface area contributed by atoms with Crippen LogP contribution >= 0.6 is 45.2 Å². The molecule has 0 spiro atoms. The lowest BCUT2D eigenvalue weighted by Crippen LogP contribution is -2.49. The smallest absolute Gasteiger partial charge is 0.317 e. The van der Waals surface area contributed by atoms with Gasteiger partial charge in [-0.1, -0.05) is 0 Å². The lowest BCUT2D eigenvalue weighted by molar-refractivity contribution is 0.0531. The molecule has 1 saturated heterocycles. The molecule has 0 aliphatic carbocycles. The number of carbonyl (C=O) groups is 1. The number of ether oxygens (including phenoxy) is 2. The first-order valence-corrected chi connectivity index (χ1v) is 11.4. The quantitative estimate of drug-likeness (QED) is 0.430. The van der Waals surface area contributed by atoms with Gasteiger partial charge < -0.3 is 30.5 Å². The molecule has 0 bridgehead atoms. The Kier molecular flexibility index (Phi) is 8.21. The average Bonchev–Trinajstić information content (AvgIpc) is 2.71. The molecule has 3 rings (SSSR count). The van der Waals surface area contributed by atoms with Crippen LogP contribution in [0, 0.1) is 7.14 Å². The van der Waals surface area contributed by atoms with Crippen molar-refractivity contribution in [2.24, 2.45) is 5.73 Å². The molecule has 7 nitrogen and oxygen atoms in total. The van der Waals surface area contributed by atoms with E-state index in [-0.39, 0.29) is 17.8 Å². The highest BCUT2D eigenvalue weighted by molar-refractivity contribution is 14.1. The van der Waals surface area contributed by atoms with Crippen molar-refractivity contribution in [1.29, 1.82) is 0 Å². The molecule has 0 radical (unpaired) electrons. The van der Waals surface area contributed by atoms with E-state index in [1.165, 1.54) is 0 Å². The van der Waals surface area contributed by atoms with E-state index >= 15 is 0 Å². The van der Waals surface area contributed by atoms with Crippen molar-refractivity contribution in [3.63, 3.8) is 0 Å². The predicted octanol–water partition coefficient (Wildman–Crippen LogP) is 3.31. The third-order valence-corrected chi connectivity index (χ3v) is 6.03. The number of nitrogens with one attached hydrogen (secondary N) is 1. The molecule has 29 heavy (non-hydrogen) atoms. The third-order valence-electron chi connectivity index (χ3n) is 4.43. The van der Waals surface area contributed by atoms with Crippen LogP contribution in [-0.2, 0) is 11.2 Å². The van der Waals surface area contributed by atoms with Crippen molar-refractivity contribution in [3.05, 3.63) is 49.1 Å². The monoisotopic (exact) mass is 623 g/mol. The van der Waals surface area contributed by atoms with E-state index in [4.69, 9.17) is 15.2 Å². The van der Waals surface area contributed by atoms with E-state index in [1.807, 2.05) is 12.1 Å². The number of hydrogen-bond acceptors (Lipinski definition) is 5. The Morgan fingerprint density at radius 2 is 1.83 bits per heavy atom. The Hall–Kier alpha value is -1.31.